The predicted octanol–water partition coefficient (Wildman–Crippen LogP) is 2.18. The summed E-state index contributed by atoms with van der Waals surface area (Å²) in [7, 11) is -4.01. The molecule has 1 aliphatic rings. The highest BCUT2D eigenvalue weighted by molar-refractivity contribution is 7.89. The first-order valence-electron chi connectivity index (χ1n) is 6.88. The van der Waals surface area contributed by atoms with Crippen molar-refractivity contribution >= 4 is 10.0 Å². The number of hydrogen-bond donors (Lipinski definition) is 2. The molecule has 1 saturated carbocycles. The maximum atomic E-state index is 13.2. The van der Waals surface area contributed by atoms with Crippen LogP contribution in [0.4, 0.5) is 8.78 Å². The fourth-order valence-electron chi connectivity index (χ4n) is 2.92. The monoisotopic (exact) mass is 319 g/mol. The fourth-order valence-corrected chi connectivity index (χ4v) is 4.36. The van der Waals surface area contributed by atoms with Gasteiger partial charge >= 0.3 is 0 Å². The molecule has 0 spiro atoms. The molecule has 21 heavy (non-hydrogen) atoms. The van der Waals surface area contributed by atoms with Gasteiger partial charge in [-0.25, -0.2) is 21.9 Å². The van der Waals surface area contributed by atoms with Crippen LogP contribution in [0.3, 0.4) is 0 Å². The van der Waals surface area contributed by atoms with E-state index >= 15 is 0 Å². The second-order valence-electron chi connectivity index (χ2n) is 5.82. The van der Waals surface area contributed by atoms with Crippen molar-refractivity contribution in [2.75, 3.05) is 6.61 Å². The number of hydrogen-bond acceptors (Lipinski definition) is 3. The van der Waals surface area contributed by atoms with Gasteiger partial charge in [0.2, 0.25) is 10.0 Å². The molecule has 2 N–H and O–H groups in total. The summed E-state index contributed by atoms with van der Waals surface area (Å²) in [5, 5.41) is 9.61. The van der Waals surface area contributed by atoms with E-state index < -0.39 is 27.2 Å². The standard InChI is InChI=1S/C14H19F2NO3S/c1-10-3-2-6-14(8-10,9-18)17-21(19,20)11-4-5-12(15)13(16)7-11/h4-5,7,10,17-18H,2-3,6,8-9H2,1H3. The lowest BCUT2D eigenvalue weighted by Crippen LogP contribution is -2.53. The zero-order chi connectivity index (χ0) is 15.7. The first-order chi connectivity index (χ1) is 9.78. The fraction of sp³-hybridized carbons (Fsp3) is 0.571. The van der Waals surface area contributed by atoms with Crippen molar-refractivity contribution in [3.05, 3.63) is 29.8 Å². The number of halogens is 2. The molecule has 0 radical (unpaired) electrons. The predicted molar refractivity (Wildman–Crippen MR) is 74.1 cm³/mol. The van der Waals surface area contributed by atoms with E-state index in [9.17, 15) is 22.3 Å². The van der Waals surface area contributed by atoms with Gasteiger partial charge in [0.05, 0.1) is 17.0 Å². The lowest BCUT2D eigenvalue weighted by Gasteiger charge is -2.38. The lowest BCUT2D eigenvalue weighted by molar-refractivity contribution is 0.119. The number of aliphatic hydroxyl groups excluding tert-OH is 1. The molecule has 0 amide bonds. The third kappa shape index (κ3) is 3.59. The topological polar surface area (TPSA) is 66.4 Å². The molecule has 2 atom stereocenters. The van der Waals surface area contributed by atoms with Crippen molar-refractivity contribution in [1.29, 1.82) is 0 Å². The number of nitrogens with one attached hydrogen (secondary N) is 1. The van der Waals surface area contributed by atoms with E-state index in [0.717, 1.165) is 25.0 Å². The van der Waals surface area contributed by atoms with Gasteiger partial charge in [-0.05, 0) is 37.0 Å². The smallest absolute Gasteiger partial charge is 0.241 e. The Morgan fingerprint density at radius 3 is 2.67 bits per heavy atom. The maximum absolute atomic E-state index is 13.2. The van der Waals surface area contributed by atoms with Crippen LogP contribution < -0.4 is 4.72 Å². The van der Waals surface area contributed by atoms with Gasteiger partial charge in [-0.15, -0.1) is 0 Å². The minimum absolute atomic E-state index is 0.290. The molecule has 0 aliphatic heterocycles. The van der Waals surface area contributed by atoms with Crippen LogP contribution in [0.1, 0.15) is 32.6 Å². The molecule has 1 aliphatic carbocycles. The molecule has 2 rings (SSSR count). The first kappa shape index (κ1) is 16.3. The Kier molecular flexibility index (Phi) is 4.65. The Morgan fingerprint density at radius 1 is 1.38 bits per heavy atom. The van der Waals surface area contributed by atoms with Crippen LogP contribution in [0.15, 0.2) is 23.1 Å². The number of rotatable bonds is 4. The van der Waals surface area contributed by atoms with Gasteiger partial charge in [0, 0.05) is 0 Å². The van der Waals surface area contributed by atoms with E-state index in [0.29, 0.717) is 24.8 Å². The molecule has 1 fully saturated rings. The van der Waals surface area contributed by atoms with Crippen molar-refractivity contribution in [3.8, 4) is 0 Å². The third-order valence-electron chi connectivity index (χ3n) is 3.95. The highest BCUT2D eigenvalue weighted by Crippen LogP contribution is 2.33. The van der Waals surface area contributed by atoms with Crippen molar-refractivity contribution in [3.63, 3.8) is 0 Å². The Balaban J connectivity index is 2.28. The van der Waals surface area contributed by atoms with Gasteiger partial charge in [-0.3, -0.25) is 0 Å². The zero-order valence-corrected chi connectivity index (χ0v) is 12.6. The summed E-state index contributed by atoms with van der Waals surface area (Å²) in [5.74, 6) is -2.02. The van der Waals surface area contributed by atoms with E-state index in [2.05, 4.69) is 4.72 Å². The largest absolute Gasteiger partial charge is 0.394 e. The Morgan fingerprint density at radius 2 is 2.10 bits per heavy atom. The third-order valence-corrected chi connectivity index (χ3v) is 5.52. The molecule has 1 aromatic rings. The Hall–Kier alpha value is -1.05. The molecule has 7 heteroatoms. The zero-order valence-electron chi connectivity index (χ0n) is 11.8. The van der Waals surface area contributed by atoms with Crippen molar-refractivity contribution in [2.45, 2.75) is 43.0 Å². The average molecular weight is 319 g/mol. The molecule has 4 nitrogen and oxygen atoms in total. The summed E-state index contributed by atoms with van der Waals surface area (Å²) in [4.78, 5) is -0.340. The van der Waals surface area contributed by atoms with E-state index in [4.69, 9.17) is 0 Å². The number of benzene rings is 1. The molecular formula is C14H19F2NO3S. The van der Waals surface area contributed by atoms with Gasteiger partial charge in [0.25, 0.3) is 0 Å². The first-order valence-corrected chi connectivity index (χ1v) is 8.36. The molecule has 1 aromatic carbocycles. The van der Waals surface area contributed by atoms with Crippen LogP contribution in [0, 0.1) is 17.6 Å². The van der Waals surface area contributed by atoms with Gasteiger partial charge in [-0.2, -0.15) is 0 Å². The summed E-state index contributed by atoms with van der Waals surface area (Å²) in [5.41, 5.74) is -0.929. The van der Waals surface area contributed by atoms with Crippen molar-refractivity contribution < 1.29 is 22.3 Å². The second kappa shape index (κ2) is 5.98. The Bertz CT molecular complexity index is 621. The normalized spacial score (nSPS) is 26.8. The van der Waals surface area contributed by atoms with Gasteiger partial charge in [0.1, 0.15) is 0 Å². The van der Waals surface area contributed by atoms with E-state index in [1.165, 1.54) is 0 Å². The molecule has 0 saturated heterocycles. The maximum Gasteiger partial charge on any atom is 0.241 e. The molecular weight excluding hydrogens is 300 g/mol. The molecule has 0 aromatic heterocycles. The summed E-state index contributed by atoms with van der Waals surface area (Å²) < 4.78 is 53.3. The minimum Gasteiger partial charge on any atom is -0.394 e. The highest BCUT2D eigenvalue weighted by Gasteiger charge is 2.38. The lowest BCUT2D eigenvalue weighted by atomic mass is 9.78. The van der Waals surface area contributed by atoms with Gasteiger partial charge < -0.3 is 5.11 Å². The van der Waals surface area contributed by atoms with Crippen LogP contribution >= 0.6 is 0 Å². The van der Waals surface area contributed by atoms with Gasteiger partial charge in [-0.1, -0.05) is 19.8 Å². The number of sulfonamides is 1. The average Bonchev–Trinajstić information content (AvgIpc) is 2.41. The number of aliphatic hydroxyl groups is 1. The summed E-state index contributed by atoms with van der Waals surface area (Å²) in [6.45, 7) is 1.68. The van der Waals surface area contributed by atoms with Crippen LogP contribution in [0.2, 0.25) is 0 Å². The quantitative estimate of drug-likeness (QED) is 0.894. The second-order valence-corrected chi connectivity index (χ2v) is 7.50. The Labute approximate surface area is 123 Å². The van der Waals surface area contributed by atoms with Crippen molar-refractivity contribution in [1.82, 2.24) is 4.72 Å². The van der Waals surface area contributed by atoms with Crippen molar-refractivity contribution in [2.24, 2.45) is 5.92 Å². The molecule has 2 unspecified atom stereocenters. The summed E-state index contributed by atoms with van der Waals surface area (Å²) in [6.07, 6.45) is 2.83. The van der Waals surface area contributed by atoms with Crippen LogP contribution in [-0.4, -0.2) is 25.7 Å². The minimum atomic E-state index is -4.01. The van der Waals surface area contributed by atoms with Crippen LogP contribution in [0.5, 0.6) is 0 Å². The highest BCUT2D eigenvalue weighted by atomic mass is 32.2. The van der Waals surface area contributed by atoms with E-state index in [1.807, 2.05) is 6.92 Å². The van der Waals surface area contributed by atoms with E-state index in [-0.39, 0.29) is 11.5 Å². The molecule has 118 valence electrons. The van der Waals surface area contributed by atoms with E-state index in [1.54, 1.807) is 0 Å². The molecule has 0 heterocycles. The van der Waals surface area contributed by atoms with Gasteiger partial charge in [0.15, 0.2) is 11.6 Å². The SMILES string of the molecule is CC1CCCC(CO)(NS(=O)(=O)c2ccc(F)c(F)c2)C1. The van der Waals surface area contributed by atoms with Crippen LogP contribution in [-0.2, 0) is 10.0 Å². The summed E-state index contributed by atoms with van der Waals surface area (Å²) in [6, 6.07) is 2.44. The van der Waals surface area contributed by atoms with Crippen LogP contribution in [0.25, 0.3) is 0 Å². The summed E-state index contributed by atoms with van der Waals surface area (Å²) >= 11 is 0. The molecule has 0 bridgehead atoms.